The molecule has 14 heteroatoms. The first kappa shape index (κ1) is 43.4. The van der Waals surface area contributed by atoms with E-state index in [-0.39, 0.29) is 44.4 Å². The molecule has 1 aromatic heterocycles. The van der Waals surface area contributed by atoms with E-state index in [9.17, 15) is 18.9 Å². The van der Waals surface area contributed by atoms with Gasteiger partial charge in [-0.3, -0.25) is 23.8 Å². The standard InChI is InChI=1S/C39H57N4O9P/c1-6-11-13-19-34(35(16-7-2)43(29-44)49-26-30-17-14-12-15-18-30)38(45)41-27-42-39(46)37-21-20-36(52-37)32-22-31(23-33(24-32)48-8-3)25-40-28-53(47,50-9-4)51-10-5/h12,14-15,17-18,20-24,29,34-35,40H,6-11,13,16,19,25-28H2,1-5H3,(H,41,45)(H,42,46)/t34-,35-/m1/s1. The number of benzene rings is 2. The molecule has 53 heavy (non-hydrogen) atoms. The Hall–Kier alpha value is -4.00. The van der Waals surface area contributed by atoms with E-state index in [4.69, 9.17) is 23.0 Å². The third-order valence-electron chi connectivity index (χ3n) is 8.35. The summed E-state index contributed by atoms with van der Waals surface area (Å²) in [5.41, 5.74) is 2.43. The number of hydrogen-bond donors (Lipinski definition) is 3. The maximum atomic E-state index is 13.6. The number of carbonyl (C=O) groups is 3. The highest BCUT2D eigenvalue weighted by Crippen LogP contribution is 2.46. The molecule has 3 amide bonds. The minimum absolute atomic E-state index is 0.0423. The quantitative estimate of drug-likeness (QED) is 0.0235. The van der Waals surface area contributed by atoms with E-state index in [1.54, 1.807) is 26.0 Å². The first-order chi connectivity index (χ1) is 25.7. The molecule has 2 atom stereocenters. The number of ether oxygens (including phenoxy) is 1. The molecule has 2 aromatic carbocycles. The summed E-state index contributed by atoms with van der Waals surface area (Å²) in [5, 5.41) is 9.99. The Morgan fingerprint density at radius 3 is 2.28 bits per heavy atom. The minimum atomic E-state index is -3.27. The van der Waals surface area contributed by atoms with Crippen LogP contribution in [0.2, 0.25) is 0 Å². The van der Waals surface area contributed by atoms with Gasteiger partial charge >= 0.3 is 7.60 Å². The molecule has 0 saturated heterocycles. The summed E-state index contributed by atoms with van der Waals surface area (Å²) < 4.78 is 35.3. The van der Waals surface area contributed by atoms with Crippen LogP contribution in [0.1, 0.15) is 94.8 Å². The number of nitrogens with zero attached hydrogens (tertiary/aromatic N) is 1. The van der Waals surface area contributed by atoms with Crippen molar-refractivity contribution in [3.63, 3.8) is 0 Å². The Balaban J connectivity index is 1.67. The van der Waals surface area contributed by atoms with Gasteiger partial charge in [0, 0.05) is 12.1 Å². The van der Waals surface area contributed by atoms with Crippen molar-refractivity contribution in [2.24, 2.45) is 5.92 Å². The summed E-state index contributed by atoms with van der Waals surface area (Å²) >= 11 is 0. The number of amides is 3. The molecule has 0 radical (unpaired) electrons. The normalized spacial score (nSPS) is 12.5. The fourth-order valence-corrected chi connectivity index (χ4v) is 7.33. The Labute approximate surface area is 313 Å². The lowest BCUT2D eigenvalue weighted by Crippen LogP contribution is -2.48. The van der Waals surface area contributed by atoms with Crippen LogP contribution in [0.15, 0.2) is 65.1 Å². The van der Waals surface area contributed by atoms with Gasteiger partial charge < -0.3 is 34.2 Å². The van der Waals surface area contributed by atoms with Crippen LogP contribution in [0, 0.1) is 5.92 Å². The summed E-state index contributed by atoms with van der Waals surface area (Å²) in [5.74, 6) is -0.202. The average molecular weight is 757 g/mol. The lowest BCUT2D eigenvalue weighted by Gasteiger charge is -2.33. The van der Waals surface area contributed by atoms with Crippen LogP contribution in [-0.2, 0) is 41.2 Å². The van der Waals surface area contributed by atoms with Crippen molar-refractivity contribution >= 4 is 25.8 Å². The predicted molar refractivity (Wildman–Crippen MR) is 204 cm³/mol. The highest BCUT2D eigenvalue weighted by molar-refractivity contribution is 7.53. The largest absolute Gasteiger partial charge is 0.494 e. The fraction of sp³-hybridized carbons (Fsp3) is 0.513. The molecular formula is C39H57N4O9P. The van der Waals surface area contributed by atoms with E-state index in [2.05, 4.69) is 22.9 Å². The van der Waals surface area contributed by atoms with Gasteiger partial charge in [0.1, 0.15) is 18.1 Å². The maximum Gasteiger partial charge on any atom is 0.344 e. The van der Waals surface area contributed by atoms with E-state index >= 15 is 0 Å². The van der Waals surface area contributed by atoms with E-state index in [0.717, 1.165) is 36.8 Å². The molecule has 0 unspecified atom stereocenters. The lowest BCUT2D eigenvalue weighted by molar-refractivity contribution is -0.201. The third kappa shape index (κ3) is 14.4. The SMILES string of the molecule is CCCCC[C@@H](C(=O)NCNC(=O)c1ccc(-c2cc(CNCP(=O)(OCC)OCC)cc(OCC)c2)o1)[C@@H](CCC)N(C=O)OCc1ccccc1. The van der Waals surface area contributed by atoms with Gasteiger partial charge in [0.15, 0.2) is 5.76 Å². The number of hydrogen-bond acceptors (Lipinski definition) is 10. The van der Waals surface area contributed by atoms with Crippen LogP contribution < -0.4 is 20.7 Å². The first-order valence-corrected chi connectivity index (χ1v) is 20.4. The number of unbranched alkanes of at least 4 members (excludes halogenated alkanes) is 2. The number of furan rings is 1. The van der Waals surface area contributed by atoms with Gasteiger partial charge in [-0.15, -0.1) is 0 Å². The fourth-order valence-electron chi connectivity index (χ4n) is 5.90. The predicted octanol–water partition coefficient (Wildman–Crippen LogP) is 7.42. The third-order valence-corrected chi connectivity index (χ3v) is 10.3. The average Bonchev–Trinajstić information content (AvgIpc) is 3.65. The molecule has 0 aliphatic carbocycles. The molecule has 3 N–H and O–H groups in total. The Morgan fingerprint density at radius 1 is 0.868 bits per heavy atom. The Morgan fingerprint density at radius 2 is 1.62 bits per heavy atom. The number of hydroxylamine groups is 2. The minimum Gasteiger partial charge on any atom is -0.494 e. The molecule has 13 nitrogen and oxygen atoms in total. The van der Waals surface area contributed by atoms with Crippen LogP contribution in [-0.4, -0.2) is 62.1 Å². The van der Waals surface area contributed by atoms with Crippen LogP contribution >= 0.6 is 7.60 Å². The second kappa shape index (κ2) is 23.6. The monoisotopic (exact) mass is 756 g/mol. The molecule has 3 aromatic rings. The zero-order chi connectivity index (χ0) is 38.5. The van der Waals surface area contributed by atoms with E-state index < -0.39 is 25.5 Å². The second-order valence-electron chi connectivity index (χ2n) is 12.4. The summed E-state index contributed by atoms with van der Waals surface area (Å²) in [6, 6.07) is 17.9. The van der Waals surface area contributed by atoms with Gasteiger partial charge in [-0.25, -0.2) is 5.06 Å². The van der Waals surface area contributed by atoms with Gasteiger partial charge in [0.05, 0.1) is 44.7 Å². The molecule has 0 aliphatic heterocycles. The molecule has 3 rings (SSSR count). The first-order valence-electron chi connectivity index (χ1n) is 18.6. The number of carbonyl (C=O) groups excluding carboxylic acids is 3. The molecular weight excluding hydrogens is 699 g/mol. The summed E-state index contributed by atoms with van der Waals surface area (Å²) in [7, 11) is -3.27. The molecule has 0 saturated carbocycles. The smallest absolute Gasteiger partial charge is 0.344 e. The van der Waals surface area contributed by atoms with Crippen molar-refractivity contribution in [3.8, 4) is 17.1 Å². The van der Waals surface area contributed by atoms with Gasteiger partial charge in [0.2, 0.25) is 12.3 Å². The van der Waals surface area contributed by atoms with E-state index in [1.807, 2.05) is 62.4 Å². The summed E-state index contributed by atoms with van der Waals surface area (Å²) in [6.45, 7) is 10.9. The summed E-state index contributed by atoms with van der Waals surface area (Å²) in [6.07, 6.45) is 5.31. The van der Waals surface area contributed by atoms with Crippen molar-refractivity contribution < 1.29 is 42.0 Å². The van der Waals surface area contributed by atoms with Gasteiger partial charge in [-0.1, -0.05) is 69.9 Å². The summed E-state index contributed by atoms with van der Waals surface area (Å²) in [4.78, 5) is 44.9. The van der Waals surface area contributed by atoms with E-state index in [0.29, 0.717) is 49.5 Å². The van der Waals surface area contributed by atoms with Crippen LogP contribution in [0.4, 0.5) is 0 Å². The molecule has 0 bridgehead atoms. The number of rotatable bonds is 27. The Kier molecular flexibility index (Phi) is 19.3. The van der Waals surface area contributed by atoms with Crippen molar-refractivity contribution in [1.29, 1.82) is 0 Å². The number of nitrogens with one attached hydrogen (secondary N) is 3. The zero-order valence-corrected chi connectivity index (χ0v) is 32.7. The van der Waals surface area contributed by atoms with Crippen molar-refractivity contribution in [2.75, 3.05) is 32.8 Å². The van der Waals surface area contributed by atoms with Crippen LogP contribution in [0.25, 0.3) is 11.3 Å². The molecule has 0 fully saturated rings. The van der Waals surface area contributed by atoms with Crippen LogP contribution in [0.5, 0.6) is 5.75 Å². The Bertz CT molecular complexity index is 1580. The van der Waals surface area contributed by atoms with Gasteiger partial charge in [-0.2, -0.15) is 0 Å². The van der Waals surface area contributed by atoms with Crippen molar-refractivity contribution in [3.05, 3.63) is 77.6 Å². The highest BCUT2D eigenvalue weighted by Gasteiger charge is 2.32. The zero-order valence-electron chi connectivity index (χ0n) is 31.8. The van der Waals surface area contributed by atoms with E-state index in [1.165, 1.54) is 5.06 Å². The molecule has 292 valence electrons. The lowest BCUT2D eigenvalue weighted by atomic mass is 9.89. The van der Waals surface area contributed by atoms with Gasteiger partial charge in [0.25, 0.3) is 5.91 Å². The van der Waals surface area contributed by atoms with Gasteiger partial charge in [-0.05, 0) is 75.1 Å². The molecule has 0 spiro atoms. The second-order valence-corrected chi connectivity index (χ2v) is 14.5. The topological polar surface area (TPSA) is 158 Å². The highest BCUT2D eigenvalue weighted by atomic mass is 31.2. The van der Waals surface area contributed by atoms with Crippen molar-refractivity contribution in [2.45, 2.75) is 92.3 Å². The van der Waals surface area contributed by atoms with Crippen LogP contribution in [0.3, 0.4) is 0 Å². The maximum absolute atomic E-state index is 13.6. The van der Waals surface area contributed by atoms with Crippen molar-refractivity contribution in [1.82, 2.24) is 21.0 Å². The molecule has 1 heterocycles. The molecule has 0 aliphatic rings.